The minimum Gasteiger partial charge on any atom is -0.582 e. The summed E-state index contributed by atoms with van der Waals surface area (Å²) in [6.07, 6.45) is 0. The molecule has 0 amide bonds. The first kappa shape index (κ1) is 26.5. The molecule has 0 bridgehead atoms. The summed E-state index contributed by atoms with van der Waals surface area (Å²) in [7, 11) is 9.21. The van der Waals surface area contributed by atoms with E-state index >= 15 is 0 Å². The molecule has 0 aliphatic heterocycles. The Labute approximate surface area is 139 Å². The van der Waals surface area contributed by atoms with Gasteiger partial charge in [0.2, 0.25) is 0 Å². The van der Waals surface area contributed by atoms with Crippen molar-refractivity contribution in [2.45, 2.75) is 6.92 Å². The number of aliphatic hydroxyl groups is 4. The summed E-state index contributed by atoms with van der Waals surface area (Å²) in [5.41, 5.74) is 0. The summed E-state index contributed by atoms with van der Waals surface area (Å²) >= 11 is 0. The van der Waals surface area contributed by atoms with Crippen molar-refractivity contribution < 1.29 is 25.0 Å². The van der Waals surface area contributed by atoms with Crippen molar-refractivity contribution in [1.29, 1.82) is 0 Å². The van der Waals surface area contributed by atoms with Gasteiger partial charge in [0.05, 0.1) is 26.4 Å². The molecule has 0 aliphatic rings. The van der Waals surface area contributed by atoms with E-state index in [1.165, 1.54) is 0 Å². The van der Waals surface area contributed by atoms with Crippen LogP contribution < -0.4 is 0 Å². The predicted octanol–water partition coefficient (Wildman–Crippen LogP) is -0.762. The molecule has 0 fully saturated rings. The number of hydrogen-bond acceptors (Lipinski definition) is 7. The van der Waals surface area contributed by atoms with Crippen LogP contribution in [0.15, 0.2) is 0 Å². The maximum Gasteiger partial charge on any atom is 0.198 e. The molecule has 0 rings (SSSR count). The second-order valence-corrected chi connectivity index (χ2v) is 6.34. The third kappa shape index (κ3) is 33.5. The highest BCUT2D eigenvalue weighted by Gasteiger charge is 1.97. The van der Waals surface area contributed by atoms with Gasteiger partial charge in [-0.3, -0.25) is 4.90 Å². The lowest BCUT2D eigenvalue weighted by atomic mass is 10.5. The van der Waals surface area contributed by atoms with Crippen molar-refractivity contribution in [3.05, 3.63) is 0 Å². The highest BCUT2D eigenvalue weighted by molar-refractivity contribution is 8.31. The lowest BCUT2D eigenvalue weighted by Gasteiger charge is -2.16. The van der Waals surface area contributed by atoms with Crippen LogP contribution in [-0.4, -0.2) is 101 Å². The van der Waals surface area contributed by atoms with Crippen LogP contribution in [0.5, 0.6) is 0 Å². The maximum atomic E-state index is 9.09. The fraction of sp³-hybridized carbons (Fsp3) is 1.00. The van der Waals surface area contributed by atoms with Crippen LogP contribution in [0.1, 0.15) is 6.92 Å². The summed E-state index contributed by atoms with van der Waals surface area (Å²) in [5, 5.41) is 33.6. The molecule has 0 aliphatic carbocycles. The molecule has 7 nitrogen and oxygen atoms in total. The average molecular weight is 371 g/mol. The lowest BCUT2D eigenvalue weighted by molar-refractivity contribution is 0.166. The zero-order valence-electron chi connectivity index (χ0n) is 12.6. The number of halogens is 2. The SMILES string of the molecule is CCN(CCO)CCO.CN(CCO)CCO.[O-][S+](Cl)Cl. The number of rotatable bonds is 9. The first-order valence-electron chi connectivity index (χ1n) is 6.48. The van der Waals surface area contributed by atoms with Crippen LogP contribution in [0.25, 0.3) is 0 Å². The maximum absolute atomic E-state index is 9.09. The smallest absolute Gasteiger partial charge is 0.198 e. The first-order valence-corrected chi connectivity index (χ1v) is 9.28. The third-order valence-electron chi connectivity index (χ3n) is 2.24. The zero-order valence-corrected chi connectivity index (χ0v) is 14.9. The topological polar surface area (TPSA) is 110 Å². The summed E-state index contributed by atoms with van der Waals surface area (Å²) in [4.78, 5) is 3.85. The van der Waals surface area contributed by atoms with E-state index in [0.29, 0.717) is 26.2 Å². The van der Waals surface area contributed by atoms with Crippen LogP contribution >= 0.6 is 21.4 Å². The monoisotopic (exact) mass is 370 g/mol. The Morgan fingerprint density at radius 2 is 1.14 bits per heavy atom. The van der Waals surface area contributed by atoms with Gasteiger partial charge < -0.3 is 29.9 Å². The Hall–Kier alpha value is 0.650. The van der Waals surface area contributed by atoms with Crippen LogP contribution in [0.4, 0.5) is 0 Å². The van der Waals surface area contributed by atoms with Gasteiger partial charge in [-0.1, -0.05) is 6.92 Å². The largest absolute Gasteiger partial charge is 0.582 e. The minimum atomic E-state index is -1.67. The van der Waals surface area contributed by atoms with Gasteiger partial charge in [0.1, 0.15) is 0 Å². The summed E-state index contributed by atoms with van der Waals surface area (Å²) in [6, 6.07) is 0. The van der Waals surface area contributed by atoms with Crippen LogP contribution in [-0.2, 0) is 9.60 Å². The van der Waals surface area contributed by atoms with Crippen molar-refractivity contribution in [3.63, 3.8) is 0 Å². The standard InChI is InChI=1S/C6H15NO2.C5H13NO2.Cl2OS/c1-2-7(3-5-8)4-6-9;1-6(2-4-7)3-5-8;1-4(2)3/h8-9H,2-6H2,1H3;7-8H,2-5H2,1H3;. The van der Waals surface area contributed by atoms with E-state index in [2.05, 4.69) is 21.4 Å². The van der Waals surface area contributed by atoms with E-state index < -0.39 is 9.60 Å². The molecule has 0 saturated heterocycles. The molecule has 0 aromatic carbocycles. The van der Waals surface area contributed by atoms with E-state index in [4.69, 9.17) is 25.0 Å². The Morgan fingerprint density at radius 1 is 0.857 bits per heavy atom. The van der Waals surface area contributed by atoms with Crippen LogP contribution in [0.2, 0.25) is 0 Å². The molecule has 0 heterocycles. The van der Waals surface area contributed by atoms with Gasteiger partial charge in [0.15, 0.2) is 31.0 Å². The zero-order chi connectivity index (χ0) is 17.1. The van der Waals surface area contributed by atoms with E-state index in [1.807, 2.05) is 23.8 Å². The molecule has 4 N–H and O–H groups in total. The minimum absolute atomic E-state index is 0.163. The van der Waals surface area contributed by atoms with Gasteiger partial charge in [-0.2, -0.15) is 0 Å². The van der Waals surface area contributed by atoms with Crippen molar-refractivity contribution >= 4 is 31.0 Å². The van der Waals surface area contributed by atoms with E-state index in [-0.39, 0.29) is 26.4 Å². The predicted molar refractivity (Wildman–Crippen MR) is 87.8 cm³/mol. The number of hydrogen-bond donors (Lipinski definition) is 4. The van der Waals surface area contributed by atoms with Gasteiger partial charge in [-0.05, 0) is 13.6 Å². The second-order valence-electron chi connectivity index (χ2n) is 3.82. The molecule has 0 unspecified atom stereocenters. The molecular weight excluding hydrogens is 343 g/mol. The van der Waals surface area contributed by atoms with Crippen molar-refractivity contribution in [1.82, 2.24) is 9.80 Å². The molecule has 0 aromatic heterocycles. The first-order chi connectivity index (χ1) is 9.89. The molecule has 0 saturated carbocycles. The van der Waals surface area contributed by atoms with Crippen LogP contribution in [0, 0.1) is 0 Å². The number of nitrogens with zero attached hydrogens (tertiary/aromatic N) is 2. The van der Waals surface area contributed by atoms with Crippen molar-refractivity contribution in [2.75, 3.05) is 66.2 Å². The summed E-state index contributed by atoms with van der Waals surface area (Å²) in [6.45, 7) is 6.18. The third-order valence-corrected chi connectivity index (χ3v) is 2.24. The second kappa shape index (κ2) is 22.9. The fourth-order valence-corrected chi connectivity index (χ4v) is 1.16. The van der Waals surface area contributed by atoms with Crippen LogP contribution in [0.3, 0.4) is 0 Å². The number of aliphatic hydroxyl groups excluding tert-OH is 4. The molecule has 0 spiro atoms. The average Bonchev–Trinajstić information content (AvgIpc) is 2.39. The molecule has 0 radical (unpaired) electrons. The van der Waals surface area contributed by atoms with Crippen molar-refractivity contribution in [3.8, 4) is 0 Å². The molecular formula is C11H28Cl2N2O5S. The van der Waals surface area contributed by atoms with E-state index in [1.54, 1.807) is 0 Å². The molecule has 0 atom stereocenters. The van der Waals surface area contributed by atoms with Gasteiger partial charge >= 0.3 is 0 Å². The Morgan fingerprint density at radius 3 is 1.33 bits per heavy atom. The van der Waals surface area contributed by atoms with Gasteiger partial charge in [0, 0.05) is 26.2 Å². The summed E-state index contributed by atoms with van der Waals surface area (Å²) in [5.74, 6) is 0. The Bertz CT molecular complexity index is 172. The molecule has 10 heteroatoms. The summed E-state index contributed by atoms with van der Waals surface area (Å²) < 4.78 is 9.09. The van der Waals surface area contributed by atoms with Gasteiger partial charge in [0.25, 0.3) is 0 Å². The fourth-order valence-electron chi connectivity index (χ4n) is 1.16. The molecule has 132 valence electrons. The normalized spacial score (nSPS) is 10.3. The van der Waals surface area contributed by atoms with Gasteiger partial charge in [-0.25, -0.2) is 0 Å². The molecule has 0 aromatic rings. The Balaban J connectivity index is -0.000000249. The quantitative estimate of drug-likeness (QED) is 0.394. The van der Waals surface area contributed by atoms with E-state index in [9.17, 15) is 0 Å². The highest BCUT2D eigenvalue weighted by atomic mass is 36.0. The van der Waals surface area contributed by atoms with Crippen molar-refractivity contribution in [2.24, 2.45) is 0 Å². The van der Waals surface area contributed by atoms with E-state index in [0.717, 1.165) is 6.54 Å². The number of likely N-dealkylation sites (N-methyl/N-ethyl adjacent to an activating group) is 2. The lowest BCUT2D eigenvalue weighted by Crippen LogP contribution is -2.29. The van der Waals surface area contributed by atoms with Gasteiger partial charge in [-0.15, -0.1) is 0 Å². The molecule has 21 heavy (non-hydrogen) atoms. The highest BCUT2D eigenvalue weighted by Crippen LogP contribution is 1.98. The Kier molecular flexibility index (Phi) is 29.0.